The third-order valence-electron chi connectivity index (χ3n) is 3.18. The van der Waals surface area contributed by atoms with E-state index in [4.69, 9.17) is 11.6 Å². The molecule has 6 heteroatoms. The third kappa shape index (κ3) is 3.44. The van der Waals surface area contributed by atoms with Gasteiger partial charge in [-0.05, 0) is 26.0 Å². The quantitative estimate of drug-likeness (QED) is 0.647. The number of phenolic OH excluding ortho intramolecular Hbond substituents is 1. The first kappa shape index (κ1) is 15.1. The minimum atomic E-state index is -0.476. The van der Waals surface area contributed by atoms with E-state index in [0.29, 0.717) is 16.3 Å². The largest absolute Gasteiger partial charge is 0.508 e. The molecule has 2 aromatic carbocycles. The number of hydrogen-bond acceptors (Lipinski definition) is 4. The van der Waals surface area contributed by atoms with E-state index in [9.17, 15) is 15.2 Å². The smallest absolute Gasteiger partial charge is 0.271 e. The monoisotopic (exact) mass is 306 g/mol. The highest BCUT2D eigenvalue weighted by Gasteiger charge is 2.15. The second-order valence-electron chi connectivity index (χ2n) is 4.85. The van der Waals surface area contributed by atoms with Crippen molar-refractivity contribution in [2.45, 2.75) is 19.9 Å². The summed E-state index contributed by atoms with van der Waals surface area (Å²) in [4.78, 5) is 10.3. The summed E-state index contributed by atoms with van der Waals surface area (Å²) in [5, 5.41) is 24.2. The lowest BCUT2D eigenvalue weighted by Crippen LogP contribution is -2.08. The van der Waals surface area contributed by atoms with Crippen LogP contribution in [0.3, 0.4) is 0 Å². The van der Waals surface area contributed by atoms with Crippen molar-refractivity contribution in [1.82, 2.24) is 0 Å². The van der Waals surface area contributed by atoms with Gasteiger partial charge in [-0.3, -0.25) is 10.1 Å². The topological polar surface area (TPSA) is 75.4 Å². The van der Waals surface area contributed by atoms with E-state index in [1.165, 1.54) is 18.2 Å². The normalized spacial score (nSPS) is 12.0. The highest BCUT2D eigenvalue weighted by molar-refractivity contribution is 6.33. The van der Waals surface area contributed by atoms with Crippen LogP contribution in [-0.2, 0) is 0 Å². The molecule has 0 aliphatic heterocycles. The lowest BCUT2D eigenvalue weighted by molar-refractivity contribution is -0.384. The van der Waals surface area contributed by atoms with Crippen molar-refractivity contribution < 1.29 is 10.0 Å². The first-order valence-electron chi connectivity index (χ1n) is 6.38. The Morgan fingerprint density at radius 3 is 2.67 bits per heavy atom. The van der Waals surface area contributed by atoms with Gasteiger partial charge in [0.15, 0.2) is 0 Å². The molecule has 110 valence electrons. The number of nitrogens with one attached hydrogen (secondary N) is 1. The van der Waals surface area contributed by atoms with Crippen LogP contribution in [0.1, 0.15) is 24.1 Å². The summed E-state index contributed by atoms with van der Waals surface area (Å²) in [6, 6.07) is 9.25. The molecule has 0 spiro atoms. The molecule has 21 heavy (non-hydrogen) atoms. The summed E-state index contributed by atoms with van der Waals surface area (Å²) in [6.45, 7) is 3.78. The molecule has 5 nitrogen and oxygen atoms in total. The summed E-state index contributed by atoms with van der Waals surface area (Å²) in [5.41, 5.74) is 2.14. The maximum Gasteiger partial charge on any atom is 0.271 e. The number of nitro benzene ring substituents is 1. The fraction of sp³-hybridized carbons (Fsp3) is 0.200. The van der Waals surface area contributed by atoms with Crippen molar-refractivity contribution in [3.63, 3.8) is 0 Å². The van der Waals surface area contributed by atoms with E-state index in [1.54, 1.807) is 6.07 Å². The van der Waals surface area contributed by atoms with Crippen LogP contribution in [0.4, 0.5) is 11.4 Å². The maximum atomic E-state index is 10.8. The molecule has 2 aromatic rings. The number of nitro groups is 1. The number of aromatic hydroxyl groups is 1. The molecule has 0 bridgehead atoms. The van der Waals surface area contributed by atoms with Crippen molar-refractivity contribution in [3.8, 4) is 5.75 Å². The Balaban J connectivity index is 2.31. The molecule has 1 atom stereocenters. The average molecular weight is 307 g/mol. The van der Waals surface area contributed by atoms with E-state index in [1.807, 2.05) is 26.0 Å². The fourth-order valence-electron chi connectivity index (χ4n) is 2.07. The van der Waals surface area contributed by atoms with Crippen molar-refractivity contribution in [1.29, 1.82) is 0 Å². The van der Waals surface area contributed by atoms with Gasteiger partial charge in [0.25, 0.3) is 5.69 Å². The van der Waals surface area contributed by atoms with Gasteiger partial charge >= 0.3 is 0 Å². The molecule has 2 rings (SSSR count). The van der Waals surface area contributed by atoms with Crippen molar-refractivity contribution in [2.24, 2.45) is 0 Å². The number of non-ortho nitro benzene ring substituents is 1. The molecule has 0 amide bonds. The van der Waals surface area contributed by atoms with Crippen molar-refractivity contribution in [2.75, 3.05) is 5.32 Å². The summed E-state index contributed by atoms with van der Waals surface area (Å²) >= 11 is 6.06. The molecule has 0 saturated heterocycles. The number of rotatable bonds is 4. The van der Waals surface area contributed by atoms with Crippen LogP contribution in [0.2, 0.25) is 5.02 Å². The van der Waals surface area contributed by atoms with Crippen LogP contribution in [0.5, 0.6) is 5.75 Å². The van der Waals surface area contributed by atoms with Crippen LogP contribution >= 0.6 is 11.6 Å². The molecule has 0 radical (unpaired) electrons. The zero-order chi connectivity index (χ0) is 15.6. The predicted octanol–water partition coefficient (Wildman–Crippen LogP) is 4.44. The second-order valence-corrected chi connectivity index (χ2v) is 5.26. The summed E-state index contributed by atoms with van der Waals surface area (Å²) in [5.74, 6) is 0.169. The van der Waals surface area contributed by atoms with Crippen LogP contribution in [-0.4, -0.2) is 10.0 Å². The SMILES string of the molecule is Cc1ccc(O)c(C(C)Nc2cc([N+](=O)[O-])ccc2Cl)c1. The number of halogens is 1. The zero-order valence-electron chi connectivity index (χ0n) is 11.6. The van der Waals surface area contributed by atoms with Crippen LogP contribution in [0, 0.1) is 17.0 Å². The van der Waals surface area contributed by atoms with E-state index >= 15 is 0 Å². The zero-order valence-corrected chi connectivity index (χ0v) is 12.4. The Bertz CT molecular complexity index is 689. The van der Waals surface area contributed by atoms with Gasteiger partial charge in [-0.15, -0.1) is 0 Å². The average Bonchev–Trinajstić information content (AvgIpc) is 2.43. The standard InChI is InChI=1S/C15H15ClN2O3/c1-9-3-6-15(19)12(7-9)10(2)17-14-8-11(18(20)21)4-5-13(14)16/h3-8,10,17,19H,1-2H3. The third-order valence-corrected chi connectivity index (χ3v) is 3.51. The maximum absolute atomic E-state index is 10.8. The first-order chi connectivity index (χ1) is 9.88. The number of aryl methyl sites for hydroxylation is 1. The second kappa shape index (κ2) is 6.01. The van der Waals surface area contributed by atoms with E-state index < -0.39 is 4.92 Å². The lowest BCUT2D eigenvalue weighted by Gasteiger charge is -2.18. The highest BCUT2D eigenvalue weighted by Crippen LogP contribution is 2.32. The van der Waals surface area contributed by atoms with Gasteiger partial charge in [0.05, 0.1) is 21.7 Å². The molecule has 0 aromatic heterocycles. The molecule has 0 saturated carbocycles. The molecule has 1 unspecified atom stereocenters. The van der Waals surface area contributed by atoms with E-state index in [2.05, 4.69) is 5.32 Å². The number of phenols is 1. The predicted molar refractivity (Wildman–Crippen MR) is 83.0 cm³/mol. The minimum Gasteiger partial charge on any atom is -0.508 e. The van der Waals surface area contributed by atoms with Gasteiger partial charge in [0.2, 0.25) is 0 Å². The number of hydrogen-bond donors (Lipinski definition) is 2. The number of benzene rings is 2. The van der Waals surface area contributed by atoms with E-state index in [0.717, 1.165) is 5.56 Å². The van der Waals surface area contributed by atoms with Gasteiger partial charge in [0.1, 0.15) is 5.75 Å². The number of anilines is 1. The summed E-state index contributed by atoms with van der Waals surface area (Å²) in [7, 11) is 0. The molecular formula is C15H15ClN2O3. The van der Waals surface area contributed by atoms with Crippen molar-refractivity contribution >= 4 is 23.0 Å². The van der Waals surface area contributed by atoms with Gasteiger partial charge in [0, 0.05) is 17.7 Å². The Morgan fingerprint density at radius 1 is 1.29 bits per heavy atom. The fourth-order valence-corrected chi connectivity index (χ4v) is 2.24. The number of nitrogens with zero attached hydrogens (tertiary/aromatic N) is 1. The molecule has 0 heterocycles. The molecular weight excluding hydrogens is 292 g/mol. The van der Waals surface area contributed by atoms with Crippen LogP contribution in [0.15, 0.2) is 36.4 Å². The molecule has 2 N–H and O–H groups in total. The van der Waals surface area contributed by atoms with Gasteiger partial charge in [-0.1, -0.05) is 29.3 Å². The molecule has 0 aliphatic carbocycles. The lowest BCUT2D eigenvalue weighted by atomic mass is 10.0. The first-order valence-corrected chi connectivity index (χ1v) is 6.76. The Labute approximate surface area is 127 Å². The van der Waals surface area contributed by atoms with Gasteiger partial charge in [-0.25, -0.2) is 0 Å². The Hall–Kier alpha value is -2.27. The van der Waals surface area contributed by atoms with Gasteiger partial charge < -0.3 is 10.4 Å². The molecule has 0 aliphatic rings. The summed E-state index contributed by atoms with van der Waals surface area (Å²) < 4.78 is 0. The molecule has 0 fully saturated rings. The van der Waals surface area contributed by atoms with Crippen molar-refractivity contribution in [3.05, 3.63) is 62.7 Å². The Kier molecular flexibility index (Phi) is 4.33. The van der Waals surface area contributed by atoms with Gasteiger partial charge in [-0.2, -0.15) is 0 Å². The van der Waals surface area contributed by atoms with Crippen LogP contribution in [0.25, 0.3) is 0 Å². The highest BCUT2D eigenvalue weighted by atomic mass is 35.5. The minimum absolute atomic E-state index is 0.0393. The Morgan fingerprint density at radius 2 is 2.00 bits per heavy atom. The summed E-state index contributed by atoms with van der Waals surface area (Å²) in [6.07, 6.45) is 0. The van der Waals surface area contributed by atoms with Crippen LogP contribution < -0.4 is 5.32 Å². The van der Waals surface area contributed by atoms with E-state index in [-0.39, 0.29) is 17.5 Å².